The molecular weight excluding hydrogens is 146 g/mol. The molecule has 1 saturated heterocycles. The molecule has 0 atom stereocenters. The van der Waals surface area contributed by atoms with E-state index in [1.165, 1.54) is 51.6 Å². The van der Waals surface area contributed by atoms with Crippen LogP contribution in [0.25, 0.3) is 0 Å². The minimum absolute atomic E-state index is 0.596. The van der Waals surface area contributed by atoms with Gasteiger partial charge < -0.3 is 5.32 Å². The summed E-state index contributed by atoms with van der Waals surface area (Å²) < 4.78 is 0. The third kappa shape index (κ3) is 4.10. The Morgan fingerprint density at radius 1 is 0.833 bits per heavy atom. The van der Waals surface area contributed by atoms with Crippen molar-refractivity contribution >= 4 is 0 Å². The van der Waals surface area contributed by atoms with Gasteiger partial charge in [-0.05, 0) is 44.2 Å². The fraction of sp³-hybridized carbons (Fsp3) is 1.00. The number of nitrogens with one attached hydrogen (secondary N) is 1. The van der Waals surface area contributed by atoms with Gasteiger partial charge in [0.15, 0.2) is 0 Å². The van der Waals surface area contributed by atoms with Gasteiger partial charge in [-0.15, -0.1) is 0 Å². The predicted octanol–water partition coefficient (Wildman–Crippen LogP) is 2.96. The Bertz CT molecular complexity index is 106. The highest BCUT2D eigenvalue weighted by atomic mass is 14.8. The van der Waals surface area contributed by atoms with E-state index in [-0.39, 0.29) is 0 Å². The first-order valence-corrected chi connectivity index (χ1v) is 5.41. The van der Waals surface area contributed by atoms with E-state index < -0.39 is 0 Å². The minimum Gasteiger partial charge on any atom is -0.317 e. The van der Waals surface area contributed by atoms with Gasteiger partial charge in [-0.2, -0.15) is 0 Å². The van der Waals surface area contributed by atoms with E-state index in [0.717, 1.165) is 0 Å². The molecule has 12 heavy (non-hydrogen) atoms. The molecule has 1 aliphatic rings. The monoisotopic (exact) mass is 169 g/mol. The fourth-order valence-corrected chi connectivity index (χ4v) is 1.97. The van der Waals surface area contributed by atoms with E-state index in [0.29, 0.717) is 5.41 Å². The van der Waals surface area contributed by atoms with Crippen LogP contribution in [-0.4, -0.2) is 13.1 Å². The highest BCUT2D eigenvalue weighted by Crippen LogP contribution is 2.29. The second kappa shape index (κ2) is 4.86. The Morgan fingerprint density at radius 3 is 2.33 bits per heavy atom. The molecule has 0 bridgehead atoms. The molecule has 0 aromatic rings. The van der Waals surface area contributed by atoms with Gasteiger partial charge in [0.25, 0.3) is 0 Å². The summed E-state index contributed by atoms with van der Waals surface area (Å²) >= 11 is 0. The maximum atomic E-state index is 3.49. The Morgan fingerprint density at radius 2 is 1.50 bits per heavy atom. The summed E-state index contributed by atoms with van der Waals surface area (Å²) in [4.78, 5) is 0. The van der Waals surface area contributed by atoms with Crippen molar-refractivity contribution in [2.24, 2.45) is 5.41 Å². The van der Waals surface area contributed by atoms with Crippen LogP contribution in [0.1, 0.15) is 52.4 Å². The summed E-state index contributed by atoms with van der Waals surface area (Å²) in [5, 5.41) is 3.49. The summed E-state index contributed by atoms with van der Waals surface area (Å²) in [6.45, 7) is 7.28. The minimum atomic E-state index is 0.596. The summed E-state index contributed by atoms with van der Waals surface area (Å²) in [6, 6.07) is 0. The molecule has 0 aromatic heterocycles. The Kier molecular flexibility index (Phi) is 4.07. The van der Waals surface area contributed by atoms with E-state index in [9.17, 15) is 0 Å². The van der Waals surface area contributed by atoms with Crippen LogP contribution in [0.2, 0.25) is 0 Å². The average molecular weight is 169 g/mol. The Balaban J connectivity index is 2.27. The van der Waals surface area contributed by atoms with Crippen molar-refractivity contribution in [2.75, 3.05) is 13.1 Å². The largest absolute Gasteiger partial charge is 0.317 e. The third-order valence-electron chi connectivity index (χ3n) is 2.91. The summed E-state index contributed by atoms with van der Waals surface area (Å²) in [5.74, 6) is 0. The Hall–Kier alpha value is -0.0400. The van der Waals surface area contributed by atoms with Gasteiger partial charge in [0, 0.05) is 0 Å². The molecule has 0 saturated carbocycles. The van der Waals surface area contributed by atoms with Crippen LogP contribution >= 0.6 is 0 Å². The molecule has 1 nitrogen and oxygen atoms in total. The zero-order valence-corrected chi connectivity index (χ0v) is 8.66. The molecule has 1 heterocycles. The first-order valence-electron chi connectivity index (χ1n) is 5.41. The summed E-state index contributed by atoms with van der Waals surface area (Å²) in [6.07, 6.45) is 8.38. The first-order chi connectivity index (χ1) is 5.71. The SMILES string of the molecule is CC1(C)CCCCCNCCC1. The van der Waals surface area contributed by atoms with Gasteiger partial charge in [-0.1, -0.05) is 26.7 Å². The average Bonchev–Trinajstić information content (AvgIpc) is 2.02. The van der Waals surface area contributed by atoms with E-state index in [2.05, 4.69) is 19.2 Å². The molecule has 1 aliphatic heterocycles. The maximum absolute atomic E-state index is 3.49. The maximum Gasteiger partial charge on any atom is -0.00487 e. The summed E-state index contributed by atoms with van der Waals surface area (Å²) in [5.41, 5.74) is 0.596. The van der Waals surface area contributed by atoms with Crippen molar-refractivity contribution in [1.29, 1.82) is 0 Å². The van der Waals surface area contributed by atoms with Crippen LogP contribution in [0.5, 0.6) is 0 Å². The lowest BCUT2D eigenvalue weighted by Gasteiger charge is -2.25. The molecule has 1 N–H and O–H groups in total. The summed E-state index contributed by atoms with van der Waals surface area (Å²) in [7, 11) is 0. The van der Waals surface area contributed by atoms with Crippen LogP contribution in [0.3, 0.4) is 0 Å². The molecule has 72 valence electrons. The van der Waals surface area contributed by atoms with Crippen molar-refractivity contribution in [2.45, 2.75) is 52.4 Å². The van der Waals surface area contributed by atoms with Crippen molar-refractivity contribution in [3.05, 3.63) is 0 Å². The van der Waals surface area contributed by atoms with E-state index in [4.69, 9.17) is 0 Å². The molecule has 1 heteroatoms. The normalized spacial score (nSPS) is 26.5. The van der Waals surface area contributed by atoms with Crippen molar-refractivity contribution in [3.8, 4) is 0 Å². The Labute approximate surface area is 76.9 Å². The van der Waals surface area contributed by atoms with E-state index in [1.54, 1.807) is 0 Å². The van der Waals surface area contributed by atoms with Crippen LogP contribution in [0, 0.1) is 5.41 Å². The second-order valence-electron chi connectivity index (χ2n) is 4.83. The number of rotatable bonds is 0. The van der Waals surface area contributed by atoms with E-state index in [1.807, 2.05) is 0 Å². The van der Waals surface area contributed by atoms with Crippen LogP contribution in [-0.2, 0) is 0 Å². The molecule has 1 fully saturated rings. The highest BCUT2D eigenvalue weighted by Gasteiger charge is 2.16. The first kappa shape index (κ1) is 10.0. The lowest BCUT2D eigenvalue weighted by molar-refractivity contribution is 0.279. The van der Waals surface area contributed by atoms with Crippen LogP contribution < -0.4 is 5.32 Å². The van der Waals surface area contributed by atoms with Crippen LogP contribution in [0.4, 0.5) is 0 Å². The van der Waals surface area contributed by atoms with Crippen LogP contribution in [0.15, 0.2) is 0 Å². The molecule has 0 aliphatic carbocycles. The fourth-order valence-electron chi connectivity index (χ4n) is 1.97. The molecule has 0 unspecified atom stereocenters. The van der Waals surface area contributed by atoms with Gasteiger partial charge in [-0.3, -0.25) is 0 Å². The van der Waals surface area contributed by atoms with Crippen molar-refractivity contribution < 1.29 is 0 Å². The van der Waals surface area contributed by atoms with Gasteiger partial charge >= 0.3 is 0 Å². The highest BCUT2D eigenvalue weighted by molar-refractivity contribution is 4.70. The third-order valence-corrected chi connectivity index (χ3v) is 2.91. The van der Waals surface area contributed by atoms with Gasteiger partial charge in [0.05, 0.1) is 0 Å². The predicted molar refractivity (Wildman–Crippen MR) is 54.4 cm³/mol. The topological polar surface area (TPSA) is 12.0 Å². The zero-order chi connectivity index (χ0) is 8.86. The lowest BCUT2D eigenvalue weighted by atomic mass is 9.82. The number of hydrogen-bond acceptors (Lipinski definition) is 1. The second-order valence-corrected chi connectivity index (χ2v) is 4.83. The zero-order valence-electron chi connectivity index (χ0n) is 8.66. The molecule has 0 spiro atoms. The standard InChI is InChI=1S/C11H23N/c1-11(2)7-4-3-5-9-12-10-6-8-11/h12H,3-10H2,1-2H3. The van der Waals surface area contributed by atoms with Gasteiger partial charge in [-0.25, -0.2) is 0 Å². The smallest absolute Gasteiger partial charge is 0.00487 e. The van der Waals surface area contributed by atoms with Gasteiger partial charge in [0.1, 0.15) is 0 Å². The van der Waals surface area contributed by atoms with Crippen molar-refractivity contribution in [1.82, 2.24) is 5.32 Å². The quantitative estimate of drug-likeness (QED) is 0.588. The molecule has 0 amide bonds. The molecule has 0 aromatic carbocycles. The number of hydrogen-bond donors (Lipinski definition) is 1. The van der Waals surface area contributed by atoms with Crippen molar-refractivity contribution in [3.63, 3.8) is 0 Å². The van der Waals surface area contributed by atoms with E-state index >= 15 is 0 Å². The molecule has 1 rings (SSSR count). The molecular formula is C11H23N. The molecule has 0 radical (unpaired) electrons. The lowest BCUT2D eigenvalue weighted by Crippen LogP contribution is -2.21. The van der Waals surface area contributed by atoms with Gasteiger partial charge in [0.2, 0.25) is 0 Å².